The molecule has 8 heteroatoms. The minimum atomic E-state index is -0.539. The van der Waals surface area contributed by atoms with E-state index in [0.29, 0.717) is 47.0 Å². The van der Waals surface area contributed by atoms with Crippen molar-refractivity contribution in [3.63, 3.8) is 0 Å². The van der Waals surface area contributed by atoms with Crippen LogP contribution >= 0.6 is 0 Å². The molecule has 0 N–H and O–H groups in total. The number of ether oxygens (including phenoxy) is 1. The van der Waals surface area contributed by atoms with Gasteiger partial charge in [-0.2, -0.15) is 18.2 Å². The van der Waals surface area contributed by atoms with E-state index in [1.165, 1.54) is 0 Å². The van der Waals surface area contributed by atoms with Crippen molar-refractivity contribution in [2.24, 2.45) is 0 Å². The summed E-state index contributed by atoms with van der Waals surface area (Å²) in [5, 5.41) is 1.91. The smallest absolute Gasteiger partial charge is 0.244 e. The summed E-state index contributed by atoms with van der Waals surface area (Å²) in [5.41, 5.74) is 6.22. The van der Waals surface area contributed by atoms with Crippen LogP contribution in [0.1, 0.15) is 57.7 Å². The first-order chi connectivity index (χ1) is 33.9. The van der Waals surface area contributed by atoms with Crippen molar-refractivity contribution in [3.05, 3.63) is 193 Å². The van der Waals surface area contributed by atoms with Crippen molar-refractivity contribution < 1.29 is 44.1 Å². The molecular formula is C54H44N6OPt-2. The van der Waals surface area contributed by atoms with Crippen LogP contribution in [0.2, 0.25) is 0 Å². The number of rotatable bonds is 10. The zero-order valence-electron chi connectivity index (χ0n) is 44.3. The van der Waals surface area contributed by atoms with E-state index in [0.717, 1.165) is 49.9 Å². The number of hydrogen-bond donors (Lipinski definition) is 0. The third-order valence-corrected chi connectivity index (χ3v) is 10.8. The van der Waals surface area contributed by atoms with E-state index in [1.807, 2.05) is 72.4 Å². The van der Waals surface area contributed by atoms with Gasteiger partial charge in [-0.05, 0) is 87.9 Å². The van der Waals surface area contributed by atoms with Crippen molar-refractivity contribution in [1.29, 1.82) is 0 Å². The first-order valence-electron chi connectivity index (χ1n) is 25.0. The molecule has 7 nitrogen and oxygen atoms in total. The van der Waals surface area contributed by atoms with Gasteiger partial charge in [0, 0.05) is 50.4 Å². The number of hydrogen-bond acceptors (Lipinski definition) is 4. The summed E-state index contributed by atoms with van der Waals surface area (Å²) in [6.07, 6.45) is 9.40. The van der Waals surface area contributed by atoms with Crippen LogP contribution < -0.4 is 9.30 Å². The Kier molecular flexibility index (Phi) is 8.32. The van der Waals surface area contributed by atoms with E-state index < -0.39 is 60.4 Å². The van der Waals surface area contributed by atoms with Crippen LogP contribution in [0.25, 0.3) is 66.7 Å². The topological polar surface area (TPSA) is 61.6 Å². The monoisotopic (exact) mass is 997 g/mol. The van der Waals surface area contributed by atoms with Gasteiger partial charge in [-0.3, -0.25) is 4.98 Å². The quantitative estimate of drug-likeness (QED) is 0.101. The van der Waals surface area contributed by atoms with Crippen LogP contribution in [0.5, 0.6) is 11.5 Å². The molecule has 0 fully saturated rings. The molecule has 0 saturated heterocycles. The second-order valence-corrected chi connectivity index (χ2v) is 15.8. The summed E-state index contributed by atoms with van der Waals surface area (Å²) in [6, 6.07) is 26.4. The minimum absolute atomic E-state index is 0. The van der Waals surface area contributed by atoms with Crippen LogP contribution in [0.15, 0.2) is 158 Å². The number of aryl methyl sites for hydroxylation is 2. The standard InChI is InChI=1S/C54H44N6O.Pt/c1-37-31-50-47(35-57-37)46-25-24-41(33-51(46)60(50)53-32-40(26-28-56-53)54(2,3)4)61-42-27-29-55-52(34-42)59-36-58(48-22-11-12-23-49(48)59)30-14-21-45-43(38-15-7-5-8-16-38)19-13-20-44(45)39-17-9-6-10-18-39;/h5-13,15-20,22-29,31-32,35H,14,21,30H2,1-4H3;/q-2;/i5D,6D,7D,8D,9D,10D,15D,16D,17D,18D;. The largest absolute Gasteiger partial charge is 0.522 e. The van der Waals surface area contributed by atoms with Crippen LogP contribution in [0, 0.1) is 25.4 Å². The molecule has 5 aromatic carbocycles. The van der Waals surface area contributed by atoms with Gasteiger partial charge in [-0.15, -0.1) is 17.5 Å². The number of benzene rings is 5. The molecule has 0 atom stereocenters. The van der Waals surface area contributed by atoms with Gasteiger partial charge >= 0.3 is 0 Å². The minimum Gasteiger partial charge on any atom is -0.522 e. The first kappa shape index (κ1) is 30.4. The van der Waals surface area contributed by atoms with Gasteiger partial charge < -0.3 is 23.4 Å². The number of nitrogens with zero attached hydrogens (tertiary/aromatic N) is 6. The zero-order valence-corrected chi connectivity index (χ0v) is 36.5. The van der Waals surface area contributed by atoms with Gasteiger partial charge in [0.25, 0.3) is 0 Å². The molecule has 10 rings (SSSR count). The summed E-state index contributed by atoms with van der Waals surface area (Å²) in [6.45, 7) is 8.84. The summed E-state index contributed by atoms with van der Waals surface area (Å²) in [7, 11) is 0. The molecule has 0 spiro atoms. The molecule has 0 aliphatic rings. The van der Waals surface area contributed by atoms with Crippen molar-refractivity contribution in [2.75, 3.05) is 0 Å². The Hall–Kier alpha value is -6.69. The fraction of sp³-hybridized carbons (Fsp3) is 0.148. The Balaban J connectivity index is 0.00000640. The summed E-state index contributed by atoms with van der Waals surface area (Å²) >= 11 is 0. The Morgan fingerprint density at radius 2 is 1.44 bits per heavy atom. The van der Waals surface area contributed by atoms with Crippen molar-refractivity contribution in [1.82, 2.24) is 24.1 Å². The second-order valence-electron chi connectivity index (χ2n) is 15.8. The molecule has 10 aromatic rings. The third kappa shape index (κ3) is 7.85. The van der Waals surface area contributed by atoms with E-state index >= 15 is 0 Å². The van der Waals surface area contributed by atoms with Crippen LogP contribution in [-0.2, 0) is 39.4 Å². The van der Waals surface area contributed by atoms with Gasteiger partial charge in [-0.25, -0.2) is 4.98 Å². The summed E-state index contributed by atoms with van der Waals surface area (Å²) in [4.78, 5) is 14.1. The van der Waals surface area contributed by atoms with Gasteiger partial charge in [0.1, 0.15) is 5.82 Å². The number of para-hydroxylation sites is 2. The van der Waals surface area contributed by atoms with E-state index in [2.05, 4.69) is 59.8 Å². The molecule has 0 saturated carbocycles. The van der Waals surface area contributed by atoms with E-state index in [9.17, 15) is 0 Å². The number of aromatic nitrogens is 6. The maximum absolute atomic E-state index is 8.85. The average molecular weight is 998 g/mol. The Morgan fingerprint density at radius 1 is 0.726 bits per heavy atom. The number of pyridine rings is 3. The van der Waals surface area contributed by atoms with Crippen molar-refractivity contribution >= 4 is 32.8 Å². The van der Waals surface area contributed by atoms with Gasteiger partial charge in [-0.1, -0.05) is 135 Å². The summed E-state index contributed by atoms with van der Waals surface area (Å²) < 4.78 is 97.8. The van der Waals surface area contributed by atoms with E-state index in [4.69, 9.17) is 23.4 Å². The number of imidazole rings is 1. The molecule has 0 amide bonds. The number of fused-ring (bicyclic) bond motifs is 4. The molecule has 5 aromatic heterocycles. The maximum Gasteiger partial charge on any atom is 0.244 e. The van der Waals surface area contributed by atoms with Gasteiger partial charge in [0.05, 0.1) is 37.1 Å². The average Bonchev–Trinajstić information content (AvgIpc) is 3.89. The van der Waals surface area contributed by atoms with E-state index in [1.54, 1.807) is 35.0 Å². The summed E-state index contributed by atoms with van der Waals surface area (Å²) in [5.74, 6) is 2.01. The van der Waals surface area contributed by atoms with Crippen LogP contribution in [0.4, 0.5) is 0 Å². The Labute approximate surface area is 390 Å². The second kappa shape index (κ2) is 17.0. The van der Waals surface area contributed by atoms with Crippen LogP contribution in [-0.4, -0.2) is 24.1 Å². The maximum atomic E-state index is 8.85. The molecule has 0 unspecified atom stereocenters. The third-order valence-electron chi connectivity index (χ3n) is 10.8. The Bertz CT molecular complexity index is 3670. The molecule has 62 heavy (non-hydrogen) atoms. The first-order valence-corrected chi connectivity index (χ1v) is 20.0. The fourth-order valence-corrected chi connectivity index (χ4v) is 7.82. The molecule has 0 aliphatic heterocycles. The van der Waals surface area contributed by atoms with Crippen LogP contribution in [0.3, 0.4) is 0 Å². The molecule has 0 radical (unpaired) electrons. The zero-order chi connectivity index (χ0) is 50.2. The predicted octanol–water partition coefficient (Wildman–Crippen LogP) is 12.0. The molecule has 5 heterocycles. The normalized spacial score (nSPS) is 13.9. The molecule has 308 valence electrons. The molecule has 0 bridgehead atoms. The molecular weight excluding hydrogens is 944 g/mol. The van der Waals surface area contributed by atoms with E-state index in [-0.39, 0.29) is 44.0 Å². The fourth-order valence-electron chi connectivity index (χ4n) is 7.82. The van der Waals surface area contributed by atoms with Crippen molar-refractivity contribution in [2.45, 2.75) is 52.5 Å². The molecule has 0 aliphatic carbocycles. The van der Waals surface area contributed by atoms with Gasteiger partial charge in [0.15, 0.2) is 0 Å². The van der Waals surface area contributed by atoms with Gasteiger partial charge in [0.2, 0.25) is 6.33 Å². The Morgan fingerprint density at radius 3 is 2.18 bits per heavy atom. The SMILES string of the molecule is [2H]c1c([2H])c([2H])c(-c2cccc(-c3c([2H])c([2H])c([2H])c([2H])c3[2H])c2CCC[n+]2[c-]n(-c3[c-]c(Oc4[c-]c5c(cc4)c4cnc(C)cc4n5-c4cc(C(C)(C)C)ccn4)ccn3)c3ccccc32)c([2H])c1[2H].[Pt]. The van der Waals surface area contributed by atoms with Crippen molar-refractivity contribution in [3.8, 4) is 45.4 Å². The predicted molar refractivity (Wildman–Crippen MR) is 243 cm³/mol.